The smallest absolute Gasteiger partial charge is 0.210 e. The molecule has 162 valence electrons. The molecule has 1 atom stereocenters. The molecule has 1 unspecified atom stereocenters. The van der Waals surface area contributed by atoms with Gasteiger partial charge in [0.15, 0.2) is 0 Å². The van der Waals surface area contributed by atoms with Gasteiger partial charge in [0.2, 0.25) is 5.76 Å². The van der Waals surface area contributed by atoms with E-state index in [0.29, 0.717) is 25.0 Å². The van der Waals surface area contributed by atoms with E-state index in [0.717, 1.165) is 61.9 Å². The summed E-state index contributed by atoms with van der Waals surface area (Å²) >= 11 is 0. The maximum absolute atomic E-state index is 5.81. The van der Waals surface area contributed by atoms with Gasteiger partial charge in [0.25, 0.3) is 0 Å². The molecule has 2 aromatic heterocycles. The minimum atomic E-state index is 0.498. The van der Waals surface area contributed by atoms with E-state index in [2.05, 4.69) is 38.8 Å². The summed E-state index contributed by atoms with van der Waals surface area (Å²) in [5, 5.41) is 7.60. The summed E-state index contributed by atoms with van der Waals surface area (Å²) in [7, 11) is 0. The van der Waals surface area contributed by atoms with Crippen LogP contribution in [-0.2, 0) is 17.7 Å². The predicted molar refractivity (Wildman–Crippen MR) is 117 cm³/mol. The van der Waals surface area contributed by atoms with E-state index < -0.39 is 0 Å². The van der Waals surface area contributed by atoms with Crippen LogP contribution in [-0.4, -0.2) is 47.1 Å². The summed E-state index contributed by atoms with van der Waals surface area (Å²) in [5.74, 6) is 8.57. The molecule has 0 bridgehead atoms. The van der Waals surface area contributed by atoms with Crippen LogP contribution in [0.25, 0.3) is 0 Å². The summed E-state index contributed by atoms with van der Waals surface area (Å²) in [4.78, 5) is 4.32. The zero-order valence-corrected chi connectivity index (χ0v) is 17.8. The number of imidazole rings is 1. The third-order valence-electron chi connectivity index (χ3n) is 5.15. The zero-order valence-electron chi connectivity index (χ0n) is 17.8. The molecule has 3 aromatic rings. The van der Waals surface area contributed by atoms with Crippen molar-refractivity contribution in [1.29, 1.82) is 0 Å². The quantitative estimate of drug-likeness (QED) is 0.424. The van der Waals surface area contributed by atoms with Crippen molar-refractivity contribution in [2.75, 3.05) is 26.4 Å². The van der Waals surface area contributed by atoms with Gasteiger partial charge < -0.3 is 23.9 Å². The van der Waals surface area contributed by atoms with Gasteiger partial charge >= 0.3 is 0 Å². The van der Waals surface area contributed by atoms with Crippen molar-refractivity contribution in [3.05, 3.63) is 65.6 Å². The van der Waals surface area contributed by atoms with Crippen LogP contribution in [0.5, 0.6) is 5.75 Å². The standard InChI is InChI=1S/C24H28N4O3/c1-2-24-26-12-13-28(24)17-21-16-23(31-27-21)9-6-19-4-7-22(8-5-19)30-14-3-11-25-20-10-15-29-18-20/h4-5,7-8,12-13,16,20,25H,2-3,10-11,14-15,17-18H2,1H3. The third-order valence-corrected chi connectivity index (χ3v) is 5.15. The highest BCUT2D eigenvalue weighted by atomic mass is 16.5. The van der Waals surface area contributed by atoms with Gasteiger partial charge in [-0.3, -0.25) is 0 Å². The van der Waals surface area contributed by atoms with Crippen molar-refractivity contribution in [2.24, 2.45) is 0 Å². The Morgan fingerprint density at radius 2 is 2.16 bits per heavy atom. The number of aryl methyl sites for hydroxylation is 1. The van der Waals surface area contributed by atoms with Crippen molar-refractivity contribution in [3.63, 3.8) is 0 Å². The highest BCUT2D eigenvalue weighted by Crippen LogP contribution is 2.13. The number of nitrogens with zero attached hydrogens (tertiary/aromatic N) is 3. The first-order valence-electron chi connectivity index (χ1n) is 10.8. The molecule has 0 aliphatic carbocycles. The Kier molecular flexibility index (Phi) is 7.37. The lowest BCUT2D eigenvalue weighted by molar-refractivity contribution is 0.189. The lowest BCUT2D eigenvalue weighted by Crippen LogP contribution is -2.30. The fraction of sp³-hybridized carbons (Fsp3) is 0.417. The summed E-state index contributed by atoms with van der Waals surface area (Å²) < 4.78 is 18.6. The molecule has 1 N–H and O–H groups in total. The number of hydrogen-bond acceptors (Lipinski definition) is 6. The molecule has 0 radical (unpaired) electrons. The van der Waals surface area contributed by atoms with Gasteiger partial charge in [-0.05, 0) is 49.6 Å². The summed E-state index contributed by atoms with van der Waals surface area (Å²) in [6.07, 6.45) is 6.69. The first-order valence-corrected chi connectivity index (χ1v) is 10.8. The molecule has 0 amide bonds. The van der Waals surface area contributed by atoms with E-state index >= 15 is 0 Å². The van der Waals surface area contributed by atoms with Gasteiger partial charge in [-0.1, -0.05) is 18.0 Å². The molecule has 1 aromatic carbocycles. The number of benzene rings is 1. The van der Waals surface area contributed by atoms with E-state index in [1.807, 2.05) is 36.5 Å². The zero-order chi connectivity index (χ0) is 21.3. The molecule has 31 heavy (non-hydrogen) atoms. The van der Waals surface area contributed by atoms with Crippen molar-refractivity contribution in [2.45, 2.75) is 38.8 Å². The Balaban J connectivity index is 1.22. The van der Waals surface area contributed by atoms with E-state index in [4.69, 9.17) is 14.0 Å². The van der Waals surface area contributed by atoms with Crippen molar-refractivity contribution >= 4 is 0 Å². The normalized spacial score (nSPS) is 15.6. The number of nitrogens with one attached hydrogen (secondary N) is 1. The maximum atomic E-state index is 5.81. The molecule has 1 fully saturated rings. The average Bonchev–Trinajstić information content (AvgIpc) is 3.56. The van der Waals surface area contributed by atoms with E-state index in [1.165, 1.54) is 0 Å². The van der Waals surface area contributed by atoms with Gasteiger partial charge in [-0.2, -0.15) is 0 Å². The van der Waals surface area contributed by atoms with Crippen LogP contribution in [0.4, 0.5) is 0 Å². The van der Waals surface area contributed by atoms with E-state index in [1.54, 1.807) is 6.20 Å². The van der Waals surface area contributed by atoms with Gasteiger partial charge in [0.05, 0.1) is 19.8 Å². The number of rotatable bonds is 9. The lowest BCUT2D eigenvalue weighted by atomic mass is 10.2. The molecule has 1 aliphatic rings. The number of ether oxygens (including phenoxy) is 2. The van der Waals surface area contributed by atoms with Gasteiger partial charge in [0, 0.05) is 43.1 Å². The highest BCUT2D eigenvalue weighted by Gasteiger charge is 2.13. The van der Waals surface area contributed by atoms with Crippen LogP contribution >= 0.6 is 0 Å². The second-order valence-corrected chi connectivity index (χ2v) is 7.50. The largest absolute Gasteiger partial charge is 0.494 e. The van der Waals surface area contributed by atoms with Crippen LogP contribution < -0.4 is 10.1 Å². The fourth-order valence-corrected chi connectivity index (χ4v) is 3.45. The van der Waals surface area contributed by atoms with Gasteiger partial charge in [0.1, 0.15) is 17.3 Å². The van der Waals surface area contributed by atoms with Crippen LogP contribution in [0.3, 0.4) is 0 Å². The van der Waals surface area contributed by atoms with Crippen molar-refractivity contribution in [1.82, 2.24) is 20.0 Å². The van der Waals surface area contributed by atoms with Gasteiger partial charge in [-0.15, -0.1) is 0 Å². The number of aromatic nitrogens is 3. The molecular formula is C24H28N4O3. The molecule has 3 heterocycles. The minimum Gasteiger partial charge on any atom is -0.494 e. The second-order valence-electron chi connectivity index (χ2n) is 7.50. The van der Waals surface area contributed by atoms with Crippen molar-refractivity contribution in [3.8, 4) is 17.6 Å². The third kappa shape index (κ3) is 6.20. The Bertz CT molecular complexity index is 1010. The maximum Gasteiger partial charge on any atom is 0.210 e. The van der Waals surface area contributed by atoms with E-state index in [9.17, 15) is 0 Å². The van der Waals surface area contributed by atoms with Crippen LogP contribution in [0.2, 0.25) is 0 Å². The first-order chi connectivity index (χ1) is 15.3. The molecule has 1 saturated heterocycles. The van der Waals surface area contributed by atoms with Crippen LogP contribution in [0.15, 0.2) is 47.2 Å². The fourth-order valence-electron chi connectivity index (χ4n) is 3.45. The lowest BCUT2D eigenvalue weighted by Gasteiger charge is -2.10. The van der Waals surface area contributed by atoms with E-state index in [-0.39, 0.29) is 0 Å². The molecular weight excluding hydrogens is 392 g/mol. The molecule has 1 aliphatic heterocycles. The van der Waals surface area contributed by atoms with Crippen molar-refractivity contribution < 1.29 is 14.0 Å². The molecule has 7 heteroatoms. The van der Waals surface area contributed by atoms with Crippen LogP contribution in [0, 0.1) is 11.8 Å². The number of hydrogen-bond donors (Lipinski definition) is 1. The monoisotopic (exact) mass is 420 g/mol. The summed E-state index contributed by atoms with van der Waals surface area (Å²) in [6, 6.07) is 10.2. The molecule has 0 saturated carbocycles. The predicted octanol–water partition coefficient (Wildman–Crippen LogP) is 3.03. The molecule has 7 nitrogen and oxygen atoms in total. The topological polar surface area (TPSA) is 74.3 Å². The highest BCUT2D eigenvalue weighted by molar-refractivity contribution is 5.41. The Morgan fingerprint density at radius 1 is 1.26 bits per heavy atom. The Labute approximate surface area is 182 Å². The molecule has 4 rings (SSSR count). The SMILES string of the molecule is CCc1nccn1Cc1cc(C#Cc2ccc(OCCCNC3CCOC3)cc2)on1. The second kappa shape index (κ2) is 10.8. The molecule has 0 spiro atoms. The van der Waals surface area contributed by atoms with Gasteiger partial charge in [-0.25, -0.2) is 4.98 Å². The summed E-state index contributed by atoms with van der Waals surface area (Å²) in [5.41, 5.74) is 1.73. The Morgan fingerprint density at radius 3 is 2.97 bits per heavy atom. The summed E-state index contributed by atoms with van der Waals surface area (Å²) in [6.45, 7) is 6.03. The van der Waals surface area contributed by atoms with Crippen LogP contribution in [0.1, 0.15) is 42.6 Å². The Hall–Kier alpha value is -3.08. The first kappa shape index (κ1) is 21.2. The average molecular weight is 421 g/mol. The minimum absolute atomic E-state index is 0.498.